The van der Waals surface area contributed by atoms with E-state index in [1.807, 2.05) is 24.3 Å². The number of benzene rings is 1. The standard InChI is InChI=1S/C23H28N4O2/c1-16(17-7-5-4-6-8-17)11-20(28)13-19-12-18-14-26-23(21(18)15-25-19)24-10-9-22(29)27(2)3/h4-8,12,15-16H,9-11,13-14H2,1-3H3,(H,24,26)/t16-/m0/s1. The van der Waals surface area contributed by atoms with Gasteiger partial charge < -0.3 is 10.2 Å². The number of rotatable bonds is 8. The third-order valence-electron chi connectivity index (χ3n) is 5.12. The Morgan fingerprint density at radius 3 is 2.69 bits per heavy atom. The summed E-state index contributed by atoms with van der Waals surface area (Å²) in [6.45, 7) is 3.19. The van der Waals surface area contributed by atoms with Crippen molar-refractivity contribution in [3.8, 4) is 0 Å². The van der Waals surface area contributed by atoms with E-state index >= 15 is 0 Å². The molecule has 3 rings (SSSR count). The van der Waals surface area contributed by atoms with Crippen LogP contribution in [0.2, 0.25) is 0 Å². The van der Waals surface area contributed by atoms with Crippen LogP contribution in [0.4, 0.5) is 0 Å². The van der Waals surface area contributed by atoms with Crippen LogP contribution in [0, 0.1) is 0 Å². The van der Waals surface area contributed by atoms with E-state index in [0.29, 0.717) is 32.4 Å². The van der Waals surface area contributed by atoms with Gasteiger partial charge in [0, 0.05) is 57.4 Å². The summed E-state index contributed by atoms with van der Waals surface area (Å²) < 4.78 is 0. The number of pyridine rings is 1. The summed E-state index contributed by atoms with van der Waals surface area (Å²) in [6.07, 6.45) is 3.04. The van der Waals surface area contributed by atoms with Crippen LogP contribution in [0.1, 0.15) is 48.1 Å². The van der Waals surface area contributed by atoms with Crippen LogP contribution >= 0.6 is 0 Å². The highest BCUT2D eigenvalue weighted by Gasteiger charge is 2.19. The number of nitrogens with zero attached hydrogens (tertiary/aromatic N) is 3. The first kappa shape index (κ1) is 20.7. The van der Waals surface area contributed by atoms with Crippen molar-refractivity contribution in [1.29, 1.82) is 0 Å². The van der Waals surface area contributed by atoms with Crippen molar-refractivity contribution >= 4 is 17.5 Å². The topological polar surface area (TPSA) is 74.7 Å². The lowest BCUT2D eigenvalue weighted by molar-refractivity contribution is -0.128. The molecule has 6 nitrogen and oxygen atoms in total. The molecule has 0 unspecified atom stereocenters. The summed E-state index contributed by atoms with van der Waals surface area (Å²) in [5.41, 5.74) is 3.99. The number of hydrogen-bond acceptors (Lipinski definition) is 5. The van der Waals surface area contributed by atoms with E-state index in [1.165, 1.54) is 5.56 Å². The van der Waals surface area contributed by atoms with E-state index in [4.69, 9.17) is 0 Å². The number of carbonyl (C=O) groups excluding carboxylic acids is 2. The number of fused-ring (bicyclic) bond motifs is 1. The number of amidine groups is 1. The van der Waals surface area contributed by atoms with Gasteiger partial charge in [0.15, 0.2) is 0 Å². The zero-order valence-corrected chi connectivity index (χ0v) is 17.3. The predicted octanol–water partition coefficient (Wildman–Crippen LogP) is 2.72. The van der Waals surface area contributed by atoms with Gasteiger partial charge in [0.2, 0.25) is 5.91 Å². The Morgan fingerprint density at radius 2 is 1.97 bits per heavy atom. The second-order valence-corrected chi connectivity index (χ2v) is 7.69. The lowest BCUT2D eigenvalue weighted by Gasteiger charge is -2.12. The van der Waals surface area contributed by atoms with E-state index in [2.05, 4.69) is 34.3 Å². The van der Waals surface area contributed by atoms with Crippen molar-refractivity contribution in [2.45, 2.75) is 38.6 Å². The predicted molar refractivity (Wildman–Crippen MR) is 114 cm³/mol. The van der Waals surface area contributed by atoms with Crippen molar-refractivity contribution in [1.82, 2.24) is 15.2 Å². The molecule has 0 fully saturated rings. The highest BCUT2D eigenvalue weighted by molar-refractivity contribution is 6.02. The highest BCUT2D eigenvalue weighted by Crippen LogP contribution is 2.21. The second-order valence-electron chi connectivity index (χ2n) is 7.69. The molecular formula is C23H28N4O2. The number of hydrogen-bond donors (Lipinski definition) is 1. The van der Waals surface area contributed by atoms with Gasteiger partial charge in [0.25, 0.3) is 0 Å². The number of aromatic nitrogens is 1. The summed E-state index contributed by atoms with van der Waals surface area (Å²) in [7, 11) is 3.50. The van der Waals surface area contributed by atoms with Gasteiger partial charge in [-0.1, -0.05) is 37.3 Å². The minimum absolute atomic E-state index is 0.0769. The molecule has 152 valence electrons. The molecule has 1 aromatic heterocycles. The Bertz CT molecular complexity index is 906. The molecule has 2 aromatic rings. The van der Waals surface area contributed by atoms with E-state index in [0.717, 1.165) is 22.7 Å². The molecule has 0 bridgehead atoms. The fourth-order valence-electron chi connectivity index (χ4n) is 3.41. The van der Waals surface area contributed by atoms with Crippen LogP contribution < -0.4 is 5.32 Å². The Hall–Kier alpha value is -3.02. The molecule has 1 amide bonds. The molecule has 1 aliphatic rings. The van der Waals surface area contributed by atoms with E-state index < -0.39 is 0 Å². The minimum Gasteiger partial charge on any atom is -0.369 e. The fourth-order valence-corrected chi connectivity index (χ4v) is 3.41. The number of amides is 1. The quantitative estimate of drug-likeness (QED) is 0.750. The molecule has 1 atom stereocenters. The van der Waals surface area contributed by atoms with Gasteiger partial charge in [-0.3, -0.25) is 19.6 Å². The molecule has 0 saturated heterocycles. The number of ketones is 1. The summed E-state index contributed by atoms with van der Waals surface area (Å²) in [5.74, 6) is 1.23. The Morgan fingerprint density at radius 1 is 1.21 bits per heavy atom. The summed E-state index contributed by atoms with van der Waals surface area (Å²) in [5, 5.41) is 3.22. The minimum atomic E-state index is 0.0769. The average Bonchev–Trinajstić information content (AvgIpc) is 3.10. The monoisotopic (exact) mass is 392 g/mol. The zero-order chi connectivity index (χ0) is 20.8. The van der Waals surface area contributed by atoms with Crippen LogP contribution in [-0.4, -0.2) is 48.1 Å². The van der Waals surface area contributed by atoms with E-state index in [1.54, 1.807) is 25.2 Å². The second kappa shape index (κ2) is 9.45. The van der Waals surface area contributed by atoms with Gasteiger partial charge in [-0.2, -0.15) is 0 Å². The average molecular weight is 393 g/mol. The summed E-state index contributed by atoms with van der Waals surface area (Å²) in [6, 6.07) is 12.1. The normalized spacial score (nSPS) is 13.4. The van der Waals surface area contributed by atoms with Crippen LogP contribution in [0.25, 0.3) is 0 Å². The number of aliphatic imine (C=N–C) groups is 1. The summed E-state index contributed by atoms with van der Waals surface area (Å²) in [4.78, 5) is 34.7. The molecule has 6 heteroatoms. The molecule has 0 radical (unpaired) electrons. The Labute approximate surface area is 172 Å². The smallest absolute Gasteiger partial charge is 0.223 e. The maximum absolute atomic E-state index is 12.5. The molecule has 2 heterocycles. The SMILES string of the molecule is C[C@@H](CC(=O)Cc1cc2c(cn1)C(NCCC(=O)N(C)C)=NC2)c1ccccc1. The lowest BCUT2D eigenvalue weighted by Crippen LogP contribution is -2.30. The maximum atomic E-state index is 12.5. The van der Waals surface area contributed by atoms with Crippen molar-refractivity contribution in [2.75, 3.05) is 20.6 Å². The lowest BCUT2D eigenvalue weighted by atomic mass is 9.94. The van der Waals surface area contributed by atoms with E-state index in [9.17, 15) is 9.59 Å². The van der Waals surface area contributed by atoms with Gasteiger partial charge in [0.05, 0.1) is 6.54 Å². The number of carbonyl (C=O) groups is 2. The van der Waals surface area contributed by atoms with Crippen LogP contribution in [0.3, 0.4) is 0 Å². The van der Waals surface area contributed by atoms with Gasteiger partial charge in [0.1, 0.15) is 11.6 Å². The molecule has 29 heavy (non-hydrogen) atoms. The molecule has 1 aliphatic heterocycles. The van der Waals surface area contributed by atoms with E-state index in [-0.39, 0.29) is 17.6 Å². The molecule has 0 saturated carbocycles. The Kier molecular flexibility index (Phi) is 6.75. The van der Waals surface area contributed by atoms with Crippen molar-refractivity contribution in [3.05, 3.63) is 65.0 Å². The Balaban J connectivity index is 1.54. The summed E-state index contributed by atoms with van der Waals surface area (Å²) >= 11 is 0. The van der Waals surface area contributed by atoms with Gasteiger partial charge >= 0.3 is 0 Å². The third kappa shape index (κ3) is 5.50. The first-order valence-electron chi connectivity index (χ1n) is 9.97. The van der Waals surface area contributed by atoms with Crippen LogP contribution in [0.15, 0.2) is 47.6 Å². The van der Waals surface area contributed by atoms with Crippen molar-refractivity contribution in [2.24, 2.45) is 4.99 Å². The van der Waals surface area contributed by atoms with Gasteiger partial charge in [-0.05, 0) is 23.1 Å². The van der Waals surface area contributed by atoms with Crippen molar-refractivity contribution in [3.63, 3.8) is 0 Å². The van der Waals surface area contributed by atoms with Gasteiger partial charge in [-0.25, -0.2) is 0 Å². The number of nitrogens with one attached hydrogen (secondary N) is 1. The van der Waals surface area contributed by atoms with Crippen LogP contribution in [-0.2, 0) is 22.6 Å². The fraction of sp³-hybridized carbons (Fsp3) is 0.391. The molecule has 0 aliphatic carbocycles. The third-order valence-corrected chi connectivity index (χ3v) is 5.12. The molecular weight excluding hydrogens is 364 g/mol. The molecule has 1 aromatic carbocycles. The van der Waals surface area contributed by atoms with Crippen LogP contribution in [0.5, 0.6) is 0 Å². The van der Waals surface area contributed by atoms with Gasteiger partial charge in [-0.15, -0.1) is 0 Å². The molecule has 0 spiro atoms. The van der Waals surface area contributed by atoms with Crippen molar-refractivity contribution < 1.29 is 9.59 Å². The molecule has 1 N–H and O–H groups in total. The zero-order valence-electron chi connectivity index (χ0n) is 17.3. The largest absolute Gasteiger partial charge is 0.369 e. The highest BCUT2D eigenvalue weighted by atomic mass is 16.2. The first-order valence-corrected chi connectivity index (χ1v) is 9.97. The number of Topliss-reactive ketones (excluding diaryl/α,β-unsaturated/α-hetero) is 1. The maximum Gasteiger partial charge on any atom is 0.223 e. The first-order chi connectivity index (χ1) is 13.9.